The summed E-state index contributed by atoms with van der Waals surface area (Å²) in [6.45, 7) is 4.72. The average Bonchev–Trinajstić information content (AvgIpc) is 2.19. The fourth-order valence-corrected chi connectivity index (χ4v) is 2.25. The van der Waals surface area contributed by atoms with Crippen LogP contribution in [0.1, 0.15) is 39.0 Å². The molecule has 1 saturated carbocycles. The Kier molecular flexibility index (Phi) is 5.88. The van der Waals surface area contributed by atoms with Crippen LogP contribution in [-0.4, -0.2) is 24.6 Å². The first-order chi connectivity index (χ1) is 6.33. The topological polar surface area (TPSA) is 12.0 Å². The first-order valence-electron chi connectivity index (χ1n) is 5.56. The fraction of sp³-hybridized carbons (Fsp3) is 1.00. The third kappa shape index (κ3) is 4.92. The summed E-state index contributed by atoms with van der Waals surface area (Å²) < 4.78 is 0. The molecule has 78 valence electrons. The van der Waals surface area contributed by atoms with Gasteiger partial charge in [0.05, 0.1) is 0 Å². The second kappa shape index (κ2) is 6.72. The summed E-state index contributed by atoms with van der Waals surface area (Å²) in [7, 11) is 0. The van der Waals surface area contributed by atoms with Crippen LogP contribution in [0, 0.1) is 5.92 Å². The van der Waals surface area contributed by atoms with Gasteiger partial charge in [0, 0.05) is 11.8 Å². The molecule has 1 N–H and O–H groups in total. The highest BCUT2D eigenvalue weighted by Crippen LogP contribution is 2.22. The number of nitrogens with one attached hydrogen (secondary N) is 1. The zero-order valence-corrected chi connectivity index (χ0v) is 9.83. The van der Waals surface area contributed by atoms with Crippen molar-refractivity contribution in [2.45, 2.75) is 44.3 Å². The third-order valence-corrected chi connectivity index (χ3v) is 3.96. The van der Waals surface area contributed by atoms with E-state index in [0.717, 1.165) is 11.2 Å². The van der Waals surface area contributed by atoms with Gasteiger partial charge in [0.25, 0.3) is 0 Å². The molecular formula is C11H23NS. The quantitative estimate of drug-likeness (QED) is 0.734. The first kappa shape index (κ1) is 11.4. The molecule has 0 bridgehead atoms. The molecule has 0 aromatic carbocycles. The van der Waals surface area contributed by atoms with Crippen LogP contribution in [0.5, 0.6) is 0 Å². The van der Waals surface area contributed by atoms with Crippen LogP contribution in [-0.2, 0) is 0 Å². The molecule has 2 heteroatoms. The van der Waals surface area contributed by atoms with Crippen LogP contribution in [0.15, 0.2) is 0 Å². The predicted molar refractivity (Wildman–Crippen MR) is 62.4 cm³/mol. The molecule has 1 aliphatic carbocycles. The lowest BCUT2D eigenvalue weighted by molar-refractivity contribution is 0.343. The van der Waals surface area contributed by atoms with E-state index in [4.69, 9.17) is 0 Å². The molecule has 1 nitrogen and oxygen atoms in total. The molecule has 0 saturated heterocycles. The van der Waals surface area contributed by atoms with Crippen LogP contribution < -0.4 is 5.32 Å². The number of thioether (sulfide) groups is 1. The summed E-state index contributed by atoms with van der Waals surface area (Å²) in [6.07, 6.45) is 9.50. The molecule has 0 radical (unpaired) electrons. The van der Waals surface area contributed by atoms with Crippen molar-refractivity contribution in [1.82, 2.24) is 5.32 Å². The van der Waals surface area contributed by atoms with Crippen molar-refractivity contribution < 1.29 is 0 Å². The van der Waals surface area contributed by atoms with Gasteiger partial charge < -0.3 is 5.32 Å². The molecule has 1 aliphatic rings. The minimum Gasteiger partial charge on any atom is -0.315 e. The molecular weight excluding hydrogens is 178 g/mol. The van der Waals surface area contributed by atoms with Gasteiger partial charge in [-0.15, -0.1) is 0 Å². The minimum absolute atomic E-state index is 0.767. The van der Waals surface area contributed by atoms with E-state index < -0.39 is 0 Å². The minimum atomic E-state index is 0.767. The summed E-state index contributed by atoms with van der Waals surface area (Å²) in [5, 5.41) is 4.35. The second-order valence-corrected chi connectivity index (χ2v) is 5.48. The molecule has 0 amide bonds. The summed E-state index contributed by atoms with van der Waals surface area (Å²) in [6, 6.07) is 0. The number of hydrogen-bond donors (Lipinski definition) is 1. The van der Waals surface area contributed by atoms with Gasteiger partial charge in [-0.2, -0.15) is 11.8 Å². The van der Waals surface area contributed by atoms with Gasteiger partial charge in [-0.25, -0.2) is 0 Å². The smallest absolute Gasteiger partial charge is 0.0141 e. The van der Waals surface area contributed by atoms with Crippen LogP contribution in [0.25, 0.3) is 0 Å². The van der Waals surface area contributed by atoms with Crippen LogP contribution in [0.3, 0.4) is 0 Å². The molecule has 0 aromatic rings. The van der Waals surface area contributed by atoms with E-state index in [2.05, 4.69) is 18.5 Å². The molecule has 1 rings (SSSR count). The van der Waals surface area contributed by atoms with Gasteiger partial charge >= 0.3 is 0 Å². The average molecular weight is 201 g/mol. The van der Waals surface area contributed by atoms with E-state index in [0.29, 0.717) is 0 Å². The standard InChI is InChI=1S/C11H23NS/c1-10(13-2)8-12-9-11-6-4-3-5-7-11/h10-12H,3-9H2,1-2H3. The summed E-state index contributed by atoms with van der Waals surface area (Å²) in [5.74, 6) is 0.975. The SMILES string of the molecule is CSC(C)CNCC1CCCCC1. The predicted octanol–water partition coefficient (Wildman–Crippen LogP) is 2.91. The van der Waals surface area contributed by atoms with Gasteiger partial charge in [0.1, 0.15) is 0 Å². The van der Waals surface area contributed by atoms with Gasteiger partial charge in [0.2, 0.25) is 0 Å². The Morgan fingerprint density at radius 2 is 2.00 bits per heavy atom. The molecule has 1 unspecified atom stereocenters. The largest absolute Gasteiger partial charge is 0.315 e. The highest BCUT2D eigenvalue weighted by atomic mass is 32.2. The van der Waals surface area contributed by atoms with Crippen molar-refractivity contribution in [1.29, 1.82) is 0 Å². The fourth-order valence-electron chi connectivity index (χ4n) is 1.97. The Labute approximate surface area is 87.1 Å². The normalized spacial score (nSPS) is 21.7. The zero-order valence-electron chi connectivity index (χ0n) is 9.01. The van der Waals surface area contributed by atoms with E-state index in [-0.39, 0.29) is 0 Å². The Balaban J connectivity index is 1.98. The van der Waals surface area contributed by atoms with Crippen LogP contribution in [0.2, 0.25) is 0 Å². The number of hydrogen-bond acceptors (Lipinski definition) is 2. The van der Waals surface area contributed by atoms with E-state index in [1.165, 1.54) is 45.2 Å². The molecule has 0 spiro atoms. The van der Waals surface area contributed by atoms with Crippen molar-refractivity contribution in [2.24, 2.45) is 5.92 Å². The second-order valence-electron chi connectivity index (χ2n) is 4.21. The molecule has 0 aromatic heterocycles. The Morgan fingerprint density at radius 1 is 1.31 bits per heavy atom. The van der Waals surface area contributed by atoms with Gasteiger partial charge in [-0.3, -0.25) is 0 Å². The van der Waals surface area contributed by atoms with Crippen molar-refractivity contribution in [3.8, 4) is 0 Å². The van der Waals surface area contributed by atoms with Crippen LogP contribution >= 0.6 is 11.8 Å². The lowest BCUT2D eigenvalue weighted by Gasteiger charge is -2.22. The molecule has 1 fully saturated rings. The molecule has 13 heavy (non-hydrogen) atoms. The van der Waals surface area contributed by atoms with Gasteiger partial charge in [0.15, 0.2) is 0 Å². The first-order valence-corrected chi connectivity index (χ1v) is 6.85. The van der Waals surface area contributed by atoms with Crippen molar-refractivity contribution >= 4 is 11.8 Å². The number of rotatable bonds is 5. The van der Waals surface area contributed by atoms with Gasteiger partial charge in [-0.05, 0) is 31.6 Å². The third-order valence-electron chi connectivity index (χ3n) is 2.99. The van der Waals surface area contributed by atoms with Crippen molar-refractivity contribution in [3.05, 3.63) is 0 Å². The molecule has 0 aliphatic heterocycles. The maximum Gasteiger partial charge on any atom is 0.0141 e. The zero-order chi connectivity index (χ0) is 9.52. The van der Waals surface area contributed by atoms with E-state index in [1.54, 1.807) is 0 Å². The summed E-state index contributed by atoms with van der Waals surface area (Å²) in [5.41, 5.74) is 0. The lowest BCUT2D eigenvalue weighted by Crippen LogP contribution is -2.29. The Bertz CT molecular complexity index is 121. The summed E-state index contributed by atoms with van der Waals surface area (Å²) in [4.78, 5) is 0. The highest BCUT2D eigenvalue weighted by molar-refractivity contribution is 7.99. The van der Waals surface area contributed by atoms with Crippen LogP contribution in [0.4, 0.5) is 0 Å². The van der Waals surface area contributed by atoms with Crippen molar-refractivity contribution in [3.63, 3.8) is 0 Å². The molecule has 1 atom stereocenters. The highest BCUT2D eigenvalue weighted by Gasteiger charge is 2.12. The Morgan fingerprint density at radius 3 is 2.62 bits per heavy atom. The maximum absolute atomic E-state index is 3.58. The van der Waals surface area contributed by atoms with E-state index >= 15 is 0 Å². The maximum atomic E-state index is 3.58. The van der Waals surface area contributed by atoms with Gasteiger partial charge in [-0.1, -0.05) is 26.2 Å². The van der Waals surface area contributed by atoms with Crippen molar-refractivity contribution in [2.75, 3.05) is 19.3 Å². The van der Waals surface area contributed by atoms with E-state index in [9.17, 15) is 0 Å². The van der Waals surface area contributed by atoms with E-state index in [1.807, 2.05) is 11.8 Å². The summed E-state index contributed by atoms with van der Waals surface area (Å²) >= 11 is 1.95. The Hall–Kier alpha value is 0.310. The monoisotopic (exact) mass is 201 g/mol. The lowest BCUT2D eigenvalue weighted by atomic mass is 9.89. The molecule has 0 heterocycles.